The zero-order valence-electron chi connectivity index (χ0n) is 11.3. The monoisotopic (exact) mass is 254 g/mol. The maximum Gasteiger partial charge on any atom is 0.225 e. The molecule has 4 heteroatoms. The summed E-state index contributed by atoms with van der Waals surface area (Å²) < 4.78 is 5.52. The summed E-state index contributed by atoms with van der Waals surface area (Å²) in [5, 5.41) is 0. The summed E-state index contributed by atoms with van der Waals surface area (Å²) in [6.07, 6.45) is 8.52. The molecule has 1 saturated heterocycles. The van der Waals surface area contributed by atoms with Crippen LogP contribution in [0.15, 0.2) is 0 Å². The molecule has 1 atom stereocenters. The highest BCUT2D eigenvalue weighted by Gasteiger charge is 2.28. The number of hydrogen-bond acceptors (Lipinski definition) is 3. The summed E-state index contributed by atoms with van der Waals surface area (Å²) in [5.41, 5.74) is 5.63. The standard InChI is InChI=1S/C14H26N2O2/c15-10-13-11-16(8-9-18-13)14(17)12-6-4-2-1-3-5-7-12/h12-13H,1-11,15H2. The molecule has 1 unspecified atom stereocenters. The summed E-state index contributed by atoms with van der Waals surface area (Å²) in [7, 11) is 0. The van der Waals surface area contributed by atoms with E-state index in [0.29, 0.717) is 25.6 Å². The molecule has 2 aliphatic rings. The zero-order valence-corrected chi connectivity index (χ0v) is 11.3. The van der Waals surface area contributed by atoms with Crippen LogP contribution in [0.25, 0.3) is 0 Å². The predicted molar refractivity (Wildman–Crippen MR) is 71.2 cm³/mol. The molecule has 1 heterocycles. The van der Waals surface area contributed by atoms with E-state index in [4.69, 9.17) is 10.5 Å². The fourth-order valence-corrected chi connectivity index (χ4v) is 3.02. The minimum Gasteiger partial charge on any atom is -0.373 e. The molecule has 1 aliphatic carbocycles. The van der Waals surface area contributed by atoms with Crippen molar-refractivity contribution in [2.75, 3.05) is 26.2 Å². The molecule has 1 saturated carbocycles. The van der Waals surface area contributed by atoms with E-state index < -0.39 is 0 Å². The second-order valence-electron chi connectivity index (χ2n) is 5.55. The number of carbonyl (C=O) groups is 1. The summed E-state index contributed by atoms with van der Waals surface area (Å²) in [6.45, 7) is 2.58. The Bertz CT molecular complexity index is 259. The number of amides is 1. The van der Waals surface area contributed by atoms with Crippen molar-refractivity contribution in [3.05, 3.63) is 0 Å². The second-order valence-corrected chi connectivity index (χ2v) is 5.55. The number of hydrogen-bond donors (Lipinski definition) is 1. The average molecular weight is 254 g/mol. The molecule has 18 heavy (non-hydrogen) atoms. The molecule has 2 N–H and O–H groups in total. The van der Waals surface area contributed by atoms with E-state index in [1.165, 1.54) is 32.1 Å². The van der Waals surface area contributed by atoms with Gasteiger partial charge in [0.15, 0.2) is 0 Å². The maximum atomic E-state index is 12.5. The van der Waals surface area contributed by atoms with Crippen LogP contribution in [-0.4, -0.2) is 43.2 Å². The molecular weight excluding hydrogens is 228 g/mol. The molecular formula is C14H26N2O2. The molecule has 4 nitrogen and oxygen atoms in total. The Balaban J connectivity index is 1.87. The number of nitrogens with zero attached hydrogens (tertiary/aromatic N) is 1. The smallest absolute Gasteiger partial charge is 0.225 e. The van der Waals surface area contributed by atoms with Crippen molar-refractivity contribution in [1.82, 2.24) is 4.90 Å². The third-order valence-corrected chi connectivity index (χ3v) is 4.17. The highest BCUT2D eigenvalue weighted by atomic mass is 16.5. The Kier molecular flexibility index (Phi) is 5.45. The topological polar surface area (TPSA) is 55.6 Å². The Morgan fingerprint density at radius 2 is 1.83 bits per heavy atom. The van der Waals surface area contributed by atoms with E-state index in [-0.39, 0.29) is 12.0 Å². The highest BCUT2D eigenvalue weighted by Crippen LogP contribution is 2.24. The minimum absolute atomic E-state index is 0.0382. The lowest BCUT2D eigenvalue weighted by Gasteiger charge is -2.35. The van der Waals surface area contributed by atoms with Crippen LogP contribution in [0.1, 0.15) is 44.9 Å². The van der Waals surface area contributed by atoms with Crippen LogP contribution < -0.4 is 5.73 Å². The first-order chi connectivity index (χ1) is 8.81. The molecule has 0 spiro atoms. The lowest BCUT2D eigenvalue weighted by molar-refractivity contribution is -0.143. The van der Waals surface area contributed by atoms with E-state index in [0.717, 1.165) is 19.4 Å². The predicted octanol–water partition coefficient (Wildman–Crippen LogP) is 1.53. The quantitative estimate of drug-likeness (QED) is 0.813. The van der Waals surface area contributed by atoms with Gasteiger partial charge in [-0.3, -0.25) is 4.79 Å². The average Bonchev–Trinajstić information content (AvgIpc) is 2.38. The summed E-state index contributed by atoms with van der Waals surface area (Å²) in [4.78, 5) is 14.5. The number of ether oxygens (including phenoxy) is 1. The van der Waals surface area contributed by atoms with Crippen LogP contribution in [-0.2, 0) is 9.53 Å². The molecule has 2 fully saturated rings. The number of morpholine rings is 1. The first-order valence-electron chi connectivity index (χ1n) is 7.41. The van der Waals surface area contributed by atoms with E-state index >= 15 is 0 Å². The molecule has 0 aromatic carbocycles. The van der Waals surface area contributed by atoms with Crippen LogP contribution in [0, 0.1) is 5.92 Å². The van der Waals surface area contributed by atoms with Gasteiger partial charge in [-0.05, 0) is 12.8 Å². The number of rotatable bonds is 2. The maximum absolute atomic E-state index is 12.5. The van der Waals surface area contributed by atoms with Gasteiger partial charge < -0.3 is 15.4 Å². The molecule has 0 aromatic rings. The van der Waals surface area contributed by atoms with Gasteiger partial charge in [0.1, 0.15) is 0 Å². The molecule has 0 bridgehead atoms. The van der Waals surface area contributed by atoms with Gasteiger partial charge in [0.05, 0.1) is 12.7 Å². The van der Waals surface area contributed by atoms with Gasteiger partial charge in [0, 0.05) is 25.6 Å². The van der Waals surface area contributed by atoms with Crippen molar-refractivity contribution in [2.45, 2.75) is 51.0 Å². The molecule has 1 amide bonds. The first kappa shape index (κ1) is 13.8. The van der Waals surface area contributed by atoms with Crippen LogP contribution in [0.4, 0.5) is 0 Å². The van der Waals surface area contributed by atoms with Crippen LogP contribution in [0.2, 0.25) is 0 Å². The van der Waals surface area contributed by atoms with E-state index in [2.05, 4.69) is 0 Å². The normalized spacial score (nSPS) is 27.6. The molecule has 0 aromatic heterocycles. The van der Waals surface area contributed by atoms with Crippen molar-refractivity contribution in [2.24, 2.45) is 11.7 Å². The second kappa shape index (κ2) is 7.10. The Morgan fingerprint density at radius 3 is 2.50 bits per heavy atom. The molecule has 2 rings (SSSR count). The van der Waals surface area contributed by atoms with Gasteiger partial charge in [-0.25, -0.2) is 0 Å². The molecule has 0 radical (unpaired) electrons. The summed E-state index contributed by atoms with van der Waals surface area (Å²) >= 11 is 0. The van der Waals surface area contributed by atoms with Gasteiger partial charge in [-0.1, -0.05) is 32.1 Å². The molecule has 104 valence electrons. The van der Waals surface area contributed by atoms with Gasteiger partial charge >= 0.3 is 0 Å². The largest absolute Gasteiger partial charge is 0.373 e. The van der Waals surface area contributed by atoms with E-state index in [9.17, 15) is 4.79 Å². The van der Waals surface area contributed by atoms with Gasteiger partial charge in [-0.15, -0.1) is 0 Å². The van der Waals surface area contributed by atoms with Gasteiger partial charge in [0.25, 0.3) is 0 Å². The van der Waals surface area contributed by atoms with Crippen LogP contribution in [0.3, 0.4) is 0 Å². The minimum atomic E-state index is 0.0382. The fourth-order valence-electron chi connectivity index (χ4n) is 3.02. The third-order valence-electron chi connectivity index (χ3n) is 4.17. The van der Waals surface area contributed by atoms with Gasteiger partial charge in [-0.2, -0.15) is 0 Å². The third kappa shape index (κ3) is 3.69. The lowest BCUT2D eigenvalue weighted by Crippen LogP contribution is -2.50. The van der Waals surface area contributed by atoms with E-state index in [1.54, 1.807) is 0 Å². The van der Waals surface area contributed by atoms with Crippen molar-refractivity contribution in [1.29, 1.82) is 0 Å². The number of carbonyl (C=O) groups excluding carboxylic acids is 1. The van der Waals surface area contributed by atoms with Crippen molar-refractivity contribution < 1.29 is 9.53 Å². The van der Waals surface area contributed by atoms with E-state index in [1.807, 2.05) is 4.90 Å². The zero-order chi connectivity index (χ0) is 12.8. The van der Waals surface area contributed by atoms with Crippen molar-refractivity contribution in [3.63, 3.8) is 0 Å². The Morgan fingerprint density at radius 1 is 1.17 bits per heavy atom. The highest BCUT2D eigenvalue weighted by molar-refractivity contribution is 5.79. The van der Waals surface area contributed by atoms with Crippen LogP contribution >= 0.6 is 0 Å². The summed E-state index contributed by atoms with van der Waals surface area (Å²) in [5.74, 6) is 0.598. The number of nitrogens with two attached hydrogens (primary N) is 1. The van der Waals surface area contributed by atoms with Gasteiger partial charge in [0.2, 0.25) is 5.91 Å². The molecule has 1 aliphatic heterocycles. The Hall–Kier alpha value is -0.610. The first-order valence-corrected chi connectivity index (χ1v) is 7.41. The SMILES string of the molecule is NCC1CN(C(=O)C2CCCCCCC2)CCO1. The summed E-state index contributed by atoms with van der Waals surface area (Å²) in [6, 6.07) is 0. The Labute approximate surface area is 110 Å². The van der Waals surface area contributed by atoms with Crippen molar-refractivity contribution in [3.8, 4) is 0 Å². The fraction of sp³-hybridized carbons (Fsp3) is 0.929. The lowest BCUT2D eigenvalue weighted by atomic mass is 9.90. The van der Waals surface area contributed by atoms with Crippen molar-refractivity contribution >= 4 is 5.91 Å². The van der Waals surface area contributed by atoms with Crippen LogP contribution in [0.5, 0.6) is 0 Å².